The van der Waals surface area contributed by atoms with Crippen molar-refractivity contribution in [1.29, 1.82) is 0 Å². The summed E-state index contributed by atoms with van der Waals surface area (Å²) >= 11 is 0. The maximum Gasteiger partial charge on any atom is 0.258 e. The first kappa shape index (κ1) is 12.9. The van der Waals surface area contributed by atoms with E-state index in [0.717, 1.165) is 5.56 Å². The highest BCUT2D eigenvalue weighted by atomic mass is 16.5. The number of anilines is 1. The van der Waals surface area contributed by atoms with Crippen LogP contribution in [0.2, 0.25) is 0 Å². The van der Waals surface area contributed by atoms with Crippen LogP contribution < -0.4 is 10.5 Å². The molecular weight excluding hydrogens is 242 g/mol. The van der Waals surface area contributed by atoms with Crippen LogP contribution in [0.1, 0.15) is 17.3 Å². The van der Waals surface area contributed by atoms with E-state index in [1.54, 1.807) is 44.6 Å². The van der Waals surface area contributed by atoms with Crippen LogP contribution in [0.25, 0.3) is 6.08 Å². The SMILES string of the molecule is COc1ccc(/C=C(\C)C(=O)n2ccnc2)c(N)c1. The summed E-state index contributed by atoms with van der Waals surface area (Å²) in [7, 11) is 1.58. The fourth-order valence-electron chi connectivity index (χ4n) is 1.69. The first-order valence-corrected chi connectivity index (χ1v) is 5.76. The predicted molar refractivity (Wildman–Crippen MR) is 73.9 cm³/mol. The zero-order chi connectivity index (χ0) is 13.8. The van der Waals surface area contributed by atoms with Crippen molar-refractivity contribution in [3.8, 4) is 5.75 Å². The minimum Gasteiger partial charge on any atom is -0.497 e. The van der Waals surface area contributed by atoms with Crippen molar-refractivity contribution in [2.45, 2.75) is 6.92 Å². The third-order valence-electron chi connectivity index (χ3n) is 2.74. The Balaban J connectivity index is 2.28. The molecule has 0 fully saturated rings. The molecule has 1 aromatic heterocycles. The maximum absolute atomic E-state index is 12.0. The molecule has 2 rings (SSSR count). The Morgan fingerprint density at radius 2 is 2.26 bits per heavy atom. The van der Waals surface area contributed by atoms with E-state index in [0.29, 0.717) is 17.0 Å². The van der Waals surface area contributed by atoms with E-state index in [4.69, 9.17) is 10.5 Å². The molecule has 0 saturated heterocycles. The smallest absolute Gasteiger partial charge is 0.258 e. The van der Waals surface area contributed by atoms with Crippen molar-refractivity contribution in [1.82, 2.24) is 9.55 Å². The maximum atomic E-state index is 12.0. The third kappa shape index (κ3) is 2.82. The summed E-state index contributed by atoms with van der Waals surface area (Å²) in [6.45, 7) is 1.74. The normalized spacial score (nSPS) is 11.4. The monoisotopic (exact) mass is 257 g/mol. The molecule has 0 aliphatic heterocycles. The van der Waals surface area contributed by atoms with Crippen LogP contribution in [0, 0.1) is 0 Å². The van der Waals surface area contributed by atoms with Gasteiger partial charge in [0.2, 0.25) is 0 Å². The van der Waals surface area contributed by atoms with E-state index in [1.165, 1.54) is 10.9 Å². The molecule has 0 amide bonds. The molecule has 2 aromatic rings. The molecule has 19 heavy (non-hydrogen) atoms. The number of nitrogen functional groups attached to an aromatic ring is 1. The molecule has 2 N–H and O–H groups in total. The lowest BCUT2D eigenvalue weighted by Crippen LogP contribution is -2.09. The third-order valence-corrected chi connectivity index (χ3v) is 2.74. The molecule has 0 saturated carbocycles. The fourth-order valence-corrected chi connectivity index (χ4v) is 1.69. The lowest BCUT2D eigenvalue weighted by atomic mass is 10.1. The Morgan fingerprint density at radius 3 is 2.84 bits per heavy atom. The van der Waals surface area contributed by atoms with E-state index in [-0.39, 0.29) is 5.91 Å². The average molecular weight is 257 g/mol. The zero-order valence-electron chi connectivity index (χ0n) is 10.8. The number of ether oxygens (including phenoxy) is 1. The number of rotatable bonds is 3. The molecule has 0 bridgehead atoms. The largest absolute Gasteiger partial charge is 0.497 e. The molecule has 0 spiro atoms. The van der Waals surface area contributed by atoms with Crippen LogP contribution in [-0.4, -0.2) is 22.6 Å². The van der Waals surface area contributed by atoms with Gasteiger partial charge in [-0.05, 0) is 30.7 Å². The summed E-state index contributed by atoms with van der Waals surface area (Å²) in [4.78, 5) is 15.9. The zero-order valence-corrected chi connectivity index (χ0v) is 10.8. The van der Waals surface area contributed by atoms with Gasteiger partial charge in [0, 0.05) is 29.7 Å². The number of methoxy groups -OCH3 is 1. The van der Waals surface area contributed by atoms with E-state index >= 15 is 0 Å². The lowest BCUT2D eigenvalue weighted by Gasteiger charge is -2.06. The number of benzene rings is 1. The van der Waals surface area contributed by atoms with E-state index in [2.05, 4.69) is 4.98 Å². The van der Waals surface area contributed by atoms with Gasteiger partial charge in [-0.2, -0.15) is 0 Å². The summed E-state index contributed by atoms with van der Waals surface area (Å²) in [5, 5.41) is 0. The topological polar surface area (TPSA) is 70.1 Å². The highest BCUT2D eigenvalue weighted by molar-refractivity contribution is 5.99. The summed E-state index contributed by atoms with van der Waals surface area (Å²) in [5.41, 5.74) is 7.84. The first-order valence-electron chi connectivity index (χ1n) is 5.76. The number of nitrogens with zero attached hydrogens (tertiary/aromatic N) is 2. The van der Waals surface area contributed by atoms with Gasteiger partial charge in [-0.25, -0.2) is 4.98 Å². The van der Waals surface area contributed by atoms with Gasteiger partial charge in [-0.1, -0.05) is 0 Å². The van der Waals surface area contributed by atoms with Crippen LogP contribution >= 0.6 is 0 Å². The highest BCUT2D eigenvalue weighted by Gasteiger charge is 2.07. The number of imidazole rings is 1. The summed E-state index contributed by atoms with van der Waals surface area (Å²) in [5.74, 6) is 0.556. The van der Waals surface area contributed by atoms with Gasteiger partial charge in [-0.3, -0.25) is 9.36 Å². The molecule has 0 atom stereocenters. The van der Waals surface area contributed by atoms with Crippen molar-refractivity contribution >= 4 is 17.7 Å². The number of carbonyl (C=O) groups excluding carboxylic acids is 1. The van der Waals surface area contributed by atoms with Crippen LogP contribution in [0.3, 0.4) is 0 Å². The molecule has 1 heterocycles. The fraction of sp³-hybridized carbons (Fsp3) is 0.143. The number of allylic oxidation sites excluding steroid dienone is 1. The molecule has 0 aliphatic rings. The van der Waals surface area contributed by atoms with Gasteiger partial charge in [0.1, 0.15) is 12.1 Å². The molecule has 98 valence electrons. The Kier molecular flexibility index (Phi) is 3.66. The van der Waals surface area contributed by atoms with Gasteiger partial charge in [0.25, 0.3) is 5.91 Å². The van der Waals surface area contributed by atoms with Crippen LogP contribution in [0.15, 0.2) is 42.5 Å². The van der Waals surface area contributed by atoms with Crippen LogP contribution in [0.4, 0.5) is 5.69 Å². The van der Waals surface area contributed by atoms with Crippen molar-refractivity contribution in [2.75, 3.05) is 12.8 Å². The quantitative estimate of drug-likeness (QED) is 0.676. The molecule has 5 heteroatoms. The second-order valence-corrected chi connectivity index (χ2v) is 4.10. The van der Waals surface area contributed by atoms with Crippen LogP contribution in [-0.2, 0) is 0 Å². The minimum absolute atomic E-state index is 0.132. The van der Waals surface area contributed by atoms with Gasteiger partial charge >= 0.3 is 0 Å². The number of hydrogen-bond donors (Lipinski definition) is 1. The first-order chi connectivity index (χ1) is 9.11. The van der Waals surface area contributed by atoms with Crippen molar-refractivity contribution in [2.24, 2.45) is 0 Å². The average Bonchev–Trinajstić information content (AvgIpc) is 2.94. The molecule has 0 radical (unpaired) electrons. The number of nitrogens with two attached hydrogens (primary N) is 1. The Hall–Kier alpha value is -2.56. The molecule has 0 unspecified atom stereocenters. The van der Waals surface area contributed by atoms with Gasteiger partial charge < -0.3 is 10.5 Å². The summed E-state index contributed by atoms with van der Waals surface area (Å²) in [6, 6.07) is 5.34. The highest BCUT2D eigenvalue weighted by Crippen LogP contribution is 2.22. The molecule has 5 nitrogen and oxygen atoms in total. The Morgan fingerprint density at radius 1 is 1.47 bits per heavy atom. The van der Waals surface area contributed by atoms with Gasteiger partial charge in [0.05, 0.1) is 7.11 Å². The Bertz CT molecular complexity index is 616. The standard InChI is InChI=1S/C14H15N3O2/c1-10(14(18)17-6-5-16-9-17)7-11-3-4-12(19-2)8-13(11)15/h3-9H,15H2,1-2H3/b10-7+. The molecular formula is C14H15N3O2. The van der Waals surface area contributed by atoms with Crippen molar-refractivity contribution < 1.29 is 9.53 Å². The van der Waals surface area contributed by atoms with Crippen molar-refractivity contribution in [3.05, 3.63) is 48.1 Å². The molecule has 1 aromatic carbocycles. The minimum atomic E-state index is -0.132. The number of aromatic nitrogens is 2. The second-order valence-electron chi connectivity index (χ2n) is 4.10. The van der Waals surface area contributed by atoms with Gasteiger partial charge in [0.15, 0.2) is 0 Å². The van der Waals surface area contributed by atoms with E-state index in [1.807, 2.05) is 6.07 Å². The molecule has 0 aliphatic carbocycles. The predicted octanol–water partition coefficient (Wildman–Crippen LogP) is 2.22. The van der Waals surface area contributed by atoms with Crippen molar-refractivity contribution in [3.63, 3.8) is 0 Å². The lowest BCUT2D eigenvalue weighted by molar-refractivity contribution is 0.0956. The van der Waals surface area contributed by atoms with E-state index < -0.39 is 0 Å². The Labute approximate surface area is 111 Å². The summed E-state index contributed by atoms with van der Waals surface area (Å²) < 4.78 is 6.50. The number of hydrogen-bond acceptors (Lipinski definition) is 4. The second kappa shape index (κ2) is 5.39. The van der Waals surface area contributed by atoms with Gasteiger partial charge in [-0.15, -0.1) is 0 Å². The summed E-state index contributed by atoms with van der Waals surface area (Å²) in [6.07, 6.45) is 6.39. The number of carbonyl (C=O) groups is 1. The van der Waals surface area contributed by atoms with Crippen LogP contribution in [0.5, 0.6) is 5.75 Å². The van der Waals surface area contributed by atoms with E-state index in [9.17, 15) is 4.79 Å².